The molecule has 0 saturated carbocycles. The second kappa shape index (κ2) is 8.58. The van der Waals surface area contributed by atoms with Crippen LogP contribution in [0.25, 0.3) is 0 Å². The lowest BCUT2D eigenvalue weighted by Gasteiger charge is -2.29. The number of likely N-dealkylation sites (tertiary alicyclic amines) is 1. The highest BCUT2D eigenvalue weighted by atomic mass is 35.5. The van der Waals surface area contributed by atoms with E-state index in [1.54, 1.807) is 12.1 Å². The van der Waals surface area contributed by atoms with Crippen molar-refractivity contribution in [3.63, 3.8) is 0 Å². The van der Waals surface area contributed by atoms with E-state index in [1.807, 2.05) is 6.07 Å². The van der Waals surface area contributed by atoms with E-state index in [9.17, 15) is 13.5 Å². The number of benzene rings is 2. The summed E-state index contributed by atoms with van der Waals surface area (Å²) in [6.07, 6.45) is 1.96. The second-order valence-electron chi connectivity index (χ2n) is 7.92. The number of ether oxygens (including phenoxy) is 1. The van der Waals surface area contributed by atoms with Gasteiger partial charge in [-0.25, -0.2) is 8.42 Å². The smallest absolute Gasteiger partial charge is 0.175 e. The molecule has 0 bridgehead atoms. The van der Waals surface area contributed by atoms with Gasteiger partial charge in [0.15, 0.2) is 9.84 Å². The Balaban J connectivity index is 1.61. The molecule has 0 unspecified atom stereocenters. The fraction of sp³-hybridized carbons (Fsp3) is 0.429. The van der Waals surface area contributed by atoms with Gasteiger partial charge in [0.25, 0.3) is 0 Å². The van der Waals surface area contributed by atoms with E-state index in [1.165, 1.54) is 12.1 Å². The molecule has 5 nitrogen and oxygen atoms in total. The summed E-state index contributed by atoms with van der Waals surface area (Å²) in [5, 5.41) is 11.5. The molecule has 1 saturated heterocycles. The van der Waals surface area contributed by atoms with Crippen LogP contribution >= 0.6 is 34.8 Å². The molecule has 2 aromatic carbocycles. The first-order valence-electron chi connectivity index (χ1n) is 9.63. The van der Waals surface area contributed by atoms with Crippen LogP contribution in [-0.4, -0.2) is 49.9 Å². The summed E-state index contributed by atoms with van der Waals surface area (Å²) >= 11 is 19.0. The summed E-state index contributed by atoms with van der Waals surface area (Å²) in [6, 6.07) is 8.30. The molecule has 1 aliphatic heterocycles. The number of hydrogen-bond acceptors (Lipinski definition) is 5. The Morgan fingerprint density at radius 2 is 1.93 bits per heavy atom. The van der Waals surface area contributed by atoms with Crippen LogP contribution in [-0.2, 0) is 27.6 Å². The monoisotopic (exact) mass is 489 g/mol. The molecule has 9 heteroatoms. The molecule has 0 radical (unpaired) electrons. The van der Waals surface area contributed by atoms with Gasteiger partial charge in [0.2, 0.25) is 0 Å². The van der Waals surface area contributed by atoms with Crippen LogP contribution in [0.3, 0.4) is 0 Å². The van der Waals surface area contributed by atoms with E-state index in [0.29, 0.717) is 33.6 Å². The first kappa shape index (κ1) is 22.3. The van der Waals surface area contributed by atoms with Gasteiger partial charge in [0.05, 0.1) is 23.7 Å². The summed E-state index contributed by atoms with van der Waals surface area (Å²) < 4.78 is 29.8. The molecule has 30 heavy (non-hydrogen) atoms. The first-order valence-corrected chi connectivity index (χ1v) is 12.7. The van der Waals surface area contributed by atoms with E-state index in [2.05, 4.69) is 4.90 Å². The van der Waals surface area contributed by atoms with Crippen LogP contribution in [0.15, 0.2) is 35.2 Å². The summed E-state index contributed by atoms with van der Waals surface area (Å²) in [4.78, 5) is 2.40. The van der Waals surface area contributed by atoms with Gasteiger partial charge in [-0.2, -0.15) is 0 Å². The molecule has 0 aromatic heterocycles. The Kier molecular flexibility index (Phi) is 6.39. The minimum Gasteiger partial charge on any atom is -0.392 e. The van der Waals surface area contributed by atoms with E-state index in [0.717, 1.165) is 30.3 Å². The zero-order valence-electron chi connectivity index (χ0n) is 16.3. The van der Waals surface area contributed by atoms with Gasteiger partial charge in [-0.15, -0.1) is 0 Å². The maximum absolute atomic E-state index is 11.7. The van der Waals surface area contributed by atoms with Crippen LogP contribution in [0.4, 0.5) is 0 Å². The van der Waals surface area contributed by atoms with E-state index >= 15 is 0 Å². The lowest BCUT2D eigenvalue weighted by Crippen LogP contribution is -2.38. The SMILES string of the molecule is CS(=O)(=O)c1ccc(CO[C@H]2c3cc(Cl)cc(Cl)c3C[C@@H]2N2CC[C@@H](O)C2)c(Cl)c1. The van der Waals surface area contributed by atoms with E-state index in [4.69, 9.17) is 39.5 Å². The highest BCUT2D eigenvalue weighted by molar-refractivity contribution is 7.90. The molecule has 2 aliphatic rings. The lowest BCUT2D eigenvalue weighted by atomic mass is 10.1. The van der Waals surface area contributed by atoms with Crippen molar-refractivity contribution in [3.8, 4) is 0 Å². The molecule has 0 amide bonds. The zero-order valence-corrected chi connectivity index (χ0v) is 19.4. The fourth-order valence-electron chi connectivity index (χ4n) is 4.26. The predicted octanol–water partition coefficient (Wildman–Crippen LogP) is 4.30. The van der Waals surface area contributed by atoms with Crippen molar-refractivity contribution >= 4 is 44.6 Å². The van der Waals surface area contributed by atoms with Crippen molar-refractivity contribution in [2.45, 2.75) is 42.6 Å². The minimum atomic E-state index is -3.33. The standard InChI is InChI=1S/C21H22Cl3NO4S/c1-30(27,28)15-3-2-12(18(23)8-15)11-29-21-17-6-13(22)7-19(24)16(17)9-20(21)25-5-4-14(26)10-25/h2-3,6-8,14,20-21,26H,4-5,9-11H2,1H3/t14-,20+,21+/m1/s1. The third kappa shape index (κ3) is 4.51. The fourth-order valence-corrected chi connectivity index (χ4v) is 5.80. The Hall–Kier alpha value is -0.860. The first-order chi connectivity index (χ1) is 14.1. The van der Waals surface area contributed by atoms with Crippen LogP contribution in [0.2, 0.25) is 15.1 Å². The molecule has 0 spiro atoms. The molecule has 1 heterocycles. The summed E-state index contributed by atoms with van der Waals surface area (Å²) in [5.41, 5.74) is 2.66. The van der Waals surface area contributed by atoms with Crippen molar-refractivity contribution in [2.75, 3.05) is 19.3 Å². The lowest BCUT2D eigenvalue weighted by molar-refractivity contribution is -0.0135. The van der Waals surface area contributed by atoms with E-state index in [-0.39, 0.29) is 29.8 Å². The third-order valence-corrected chi connectivity index (χ3v) is 7.82. The van der Waals surface area contributed by atoms with Crippen LogP contribution in [0, 0.1) is 0 Å². The van der Waals surface area contributed by atoms with Gasteiger partial charge in [-0.3, -0.25) is 4.90 Å². The molecular formula is C21H22Cl3NO4S. The van der Waals surface area contributed by atoms with Gasteiger partial charge in [-0.05, 0) is 53.8 Å². The summed E-state index contributed by atoms with van der Waals surface area (Å²) in [6.45, 7) is 1.59. The van der Waals surface area contributed by atoms with Crippen molar-refractivity contribution in [3.05, 3.63) is 62.1 Å². The Bertz CT molecular complexity index is 1080. The molecule has 162 valence electrons. The van der Waals surface area contributed by atoms with Gasteiger partial charge in [0.1, 0.15) is 0 Å². The third-order valence-electron chi connectivity index (χ3n) is 5.80. The second-order valence-corrected chi connectivity index (χ2v) is 11.2. The van der Waals surface area contributed by atoms with Crippen molar-refractivity contribution in [2.24, 2.45) is 0 Å². The number of aliphatic hydroxyl groups is 1. The van der Waals surface area contributed by atoms with Gasteiger partial charge >= 0.3 is 0 Å². The normalized spacial score (nSPS) is 24.4. The Morgan fingerprint density at radius 1 is 1.17 bits per heavy atom. The molecule has 1 fully saturated rings. The minimum absolute atomic E-state index is 0.0298. The number of nitrogens with zero attached hydrogens (tertiary/aromatic N) is 1. The number of halogens is 3. The Labute approximate surface area is 191 Å². The van der Waals surface area contributed by atoms with Crippen molar-refractivity contribution in [1.29, 1.82) is 0 Å². The number of β-amino-alcohol motifs (C(OH)–C–C–N with tert-alkyl or cyclic N) is 1. The number of fused-ring (bicyclic) bond motifs is 1. The number of sulfone groups is 1. The van der Waals surface area contributed by atoms with Crippen LogP contribution < -0.4 is 0 Å². The predicted molar refractivity (Wildman–Crippen MR) is 118 cm³/mol. The van der Waals surface area contributed by atoms with Crippen molar-refractivity contribution in [1.82, 2.24) is 4.90 Å². The number of rotatable bonds is 5. The summed E-state index contributed by atoms with van der Waals surface area (Å²) in [5.74, 6) is 0. The van der Waals surface area contributed by atoms with Crippen LogP contribution in [0.5, 0.6) is 0 Å². The van der Waals surface area contributed by atoms with Gasteiger partial charge < -0.3 is 9.84 Å². The quantitative estimate of drug-likeness (QED) is 0.677. The Morgan fingerprint density at radius 3 is 2.57 bits per heavy atom. The number of hydrogen-bond donors (Lipinski definition) is 1. The topological polar surface area (TPSA) is 66.8 Å². The maximum atomic E-state index is 11.7. The molecule has 4 rings (SSSR count). The van der Waals surface area contributed by atoms with E-state index < -0.39 is 9.84 Å². The average Bonchev–Trinajstić information content (AvgIpc) is 3.23. The average molecular weight is 491 g/mol. The number of aliphatic hydroxyl groups excluding tert-OH is 1. The van der Waals surface area contributed by atoms with Gasteiger partial charge in [-0.1, -0.05) is 40.9 Å². The molecule has 1 N–H and O–H groups in total. The molecule has 3 atom stereocenters. The molecule has 2 aromatic rings. The molecular weight excluding hydrogens is 469 g/mol. The molecule has 1 aliphatic carbocycles. The van der Waals surface area contributed by atoms with Crippen molar-refractivity contribution < 1.29 is 18.3 Å². The zero-order chi connectivity index (χ0) is 21.6. The highest BCUT2D eigenvalue weighted by Gasteiger charge is 2.40. The van der Waals surface area contributed by atoms with Crippen LogP contribution in [0.1, 0.15) is 29.2 Å². The largest absolute Gasteiger partial charge is 0.392 e. The van der Waals surface area contributed by atoms with Gasteiger partial charge in [0, 0.05) is 40.5 Å². The maximum Gasteiger partial charge on any atom is 0.175 e. The summed E-state index contributed by atoms with van der Waals surface area (Å²) in [7, 11) is -3.33. The highest BCUT2D eigenvalue weighted by Crippen LogP contribution is 2.43.